The molecule has 0 amide bonds. The van der Waals surface area contributed by atoms with Crippen LogP contribution in [0.2, 0.25) is 5.22 Å². The van der Waals surface area contributed by atoms with Gasteiger partial charge in [-0.3, -0.25) is 0 Å². The Bertz CT molecular complexity index is 699. The number of alkyl halides is 1. The maximum atomic E-state index is 6.02. The Balaban J connectivity index is 1.96. The fraction of sp³-hybridized carbons (Fsp3) is 0.125. The van der Waals surface area contributed by atoms with Gasteiger partial charge in [-0.2, -0.15) is 0 Å². The van der Waals surface area contributed by atoms with Gasteiger partial charge in [0, 0.05) is 10.4 Å². The SMILES string of the molecule is Clc1occc1C(Br)Cc1cccc2ccccc12. The molecule has 96 valence electrons. The maximum Gasteiger partial charge on any atom is 0.197 e. The van der Waals surface area contributed by atoms with Crippen LogP contribution in [0.25, 0.3) is 10.8 Å². The Kier molecular flexibility index (Phi) is 3.63. The molecule has 0 saturated heterocycles. The van der Waals surface area contributed by atoms with E-state index in [9.17, 15) is 0 Å². The zero-order valence-corrected chi connectivity index (χ0v) is 12.5. The molecule has 1 atom stereocenters. The van der Waals surface area contributed by atoms with Gasteiger partial charge in [0.2, 0.25) is 0 Å². The summed E-state index contributed by atoms with van der Waals surface area (Å²) in [5, 5.41) is 3.01. The lowest BCUT2D eigenvalue weighted by molar-refractivity contribution is 0.566. The molecule has 0 fully saturated rings. The molecule has 0 spiro atoms. The monoisotopic (exact) mass is 334 g/mol. The highest BCUT2D eigenvalue weighted by Gasteiger charge is 2.15. The van der Waals surface area contributed by atoms with E-state index in [1.807, 2.05) is 6.07 Å². The third-order valence-electron chi connectivity index (χ3n) is 3.26. The molecule has 0 bridgehead atoms. The first-order valence-corrected chi connectivity index (χ1v) is 7.38. The summed E-state index contributed by atoms with van der Waals surface area (Å²) in [5.74, 6) is 0. The number of benzene rings is 2. The molecule has 0 radical (unpaired) electrons. The van der Waals surface area contributed by atoms with Crippen molar-refractivity contribution >= 4 is 38.3 Å². The summed E-state index contributed by atoms with van der Waals surface area (Å²) in [6.07, 6.45) is 2.50. The first-order valence-electron chi connectivity index (χ1n) is 6.09. The molecule has 3 rings (SSSR count). The van der Waals surface area contributed by atoms with Crippen molar-refractivity contribution in [3.8, 4) is 0 Å². The summed E-state index contributed by atoms with van der Waals surface area (Å²) in [6.45, 7) is 0. The lowest BCUT2D eigenvalue weighted by Crippen LogP contribution is -1.95. The third-order valence-corrected chi connectivity index (χ3v) is 4.39. The van der Waals surface area contributed by atoms with Crippen molar-refractivity contribution in [2.45, 2.75) is 11.2 Å². The molecule has 0 saturated carbocycles. The summed E-state index contributed by atoms with van der Waals surface area (Å²) in [7, 11) is 0. The van der Waals surface area contributed by atoms with Crippen LogP contribution in [0.5, 0.6) is 0 Å². The van der Waals surface area contributed by atoms with Gasteiger partial charge < -0.3 is 4.42 Å². The molecule has 0 aliphatic heterocycles. The van der Waals surface area contributed by atoms with E-state index < -0.39 is 0 Å². The average Bonchev–Trinajstić information content (AvgIpc) is 2.85. The second-order valence-electron chi connectivity index (χ2n) is 4.46. The largest absolute Gasteiger partial charge is 0.453 e. The van der Waals surface area contributed by atoms with Crippen LogP contribution in [0.15, 0.2) is 59.2 Å². The number of rotatable bonds is 3. The molecule has 19 heavy (non-hydrogen) atoms. The highest BCUT2D eigenvalue weighted by Crippen LogP contribution is 2.34. The third kappa shape index (κ3) is 2.56. The second-order valence-corrected chi connectivity index (χ2v) is 5.91. The minimum Gasteiger partial charge on any atom is -0.453 e. The molecule has 0 aliphatic rings. The van der Waals surface area contributed by atoms with Gasteiger partial charge in [-0.15, -0.1) is 0 Å². The van der Waals surface area contributed by atoms with Gasteiger partial charge in [0.15, 0.2) is 5.22 Å². The van der Waals surface area contributed by atoms with Crippen molar-refractivity contribution in [1.29, 1.82) is 0 Å². The highest BCUT2D eigenvalue weighted by atomic mass is 79.9. The Labute approximate surface area is 125 Å². The minimum absolute atomic E-state index is 0.157. The lowest BCUT2D eigenvalue weighted by Gasteiger charge is -2.11. The molecule has 2 aromatic carbocycles. The van der Waals surface area contributed by atoms with Crippen molar-refractivity contribution < 1.29 is 4.42 Å². The minimum atomic E-state index is 0.157. The molecule has 1 heterocycles. The molecule has 1 nitrogen and oxygen atoms in total. The number of furan rings is 1. The Morgan fingerprint density at radius 2 is 1.84 bits per heavy atom. The molecule has 3 heteroatoms. The Morgan fingerprint density at radius 3 is 2.63 bits per heavy atom. The zero-order chi connectivity index (χ0) is 13.2. The molecule has 1 unspecified atom stereocenters. The summed E-state index contributed by atoms with van der Waals surface area (Å²) in [6, 6.07) is 16.7. The van der Waals surface area contributed by atoms with Crippen molar-refractivity contribution in [2.75, 3.05) is 0 Å². The maximum absolute atomic E-state index is 6.02. The molecular weight excluding hydrogens is 324 g/mol. The molecule has 3 aromatic rings. The highest BCUT2D eigenvalue weighted by molar-refractivity contribution is 9.09. The zero-order valence-electron chi connectivity index (χ0n) is 10.1. The molecular formula is C16H12BrClO. The van der Waals surface area contributed by atoms with E-state index in [1.165, 1.54) is 16.3 Å². The summed E-state index contributed by atoms with van der Waals surface area (Å²) < 4.78 is 5.15. The van der Waals surface area contributed by atoms with Crippen LogP contribution in [-0.4, -0.2) is 0 Å². The molecule has 0 N–H and O–H groups in total. The van der Waals surface area contributed by atoms with Crippen molar-refractivity contribution in [1.82, 2.24) is 0 Å². The van der Waals surface area contributed by atoms with Gasteiger partial charge in [0.25, 0.3) is 0 Å². The number of hydrogen-bond acceptors (Lipinski definition) is 1. The van der Waals surface area contributed by atoms with Crippen LogP contribution >= 0.6 is 27.5 Å². The number of halogens is 2. The summed E-state index contributed by atoms with van der Waals surface area (Å²) in [4.78, 5) is 0.157. The fourth-order valence-electron chi connectivity index (χ4n) is 2.30. The summed E-state index contributed by atoms with van der Waals surface area (Å²) >= 11 is 9.72. The topological polar surface area (TPSA) is 13.1 Å². The predicted octanol–water partition coefficient (Wildman–Crippen LogP) is 5.76. The van der Waals surface area contributed by atoms with Crippen LogP contribution in [0, 0.1) is 0 Å². The first-order chi connectivity index (χ1) is 9.25. The Hall–Kier alpha value is -1.25. The van der Waals surface area contributed by atoms with Crippen LogP contribution in [0.1, 0.15) is 16.0 Å². The lowest BCUT2D eigenvalue weighted by atomic mass is 9.99. The average molecular weight is 336 g/mol. The van der Waals surface area contributed by atoms with E-state index in [4.69, 9.17) is 16.0 Å². The van der Waals surface area contributed by atoms with Gasteiger partial charge in [-0.1, -0.05) is 58.4 Å². The van der Waals surface area contributed by atoms with E-state index >= 15 is 0 Å². The van der Waals surface area contributed by atoms with E-state index in [1.54, 1.807) is 6.26 Å². The van der Waals surface area contributed by atoms with E-state index in [-0.39, 0.29) is 4.83 Å². The predicted molar refractivity (Wildman–Crippen MR) is 83.0 cm³/mol. The van der Waals surface area contributed by atoms with Crippen molar-refractivity contribution in [3.05, 3.63) is 71.1 Å². The van der Waals surface area contributed by atoms with E-state index in [2.05, 4.69) is 58.4 Å². The van der Waals surface area contributed by atoms with Crippen LogP contribution < -0.4 is 0 Å². The van der Waals surface area contributed by atoms with Gasteiger partial charge >= 0.3 is 0 Å². The smallest absolute Gasteiger partial charge is 0.197 e. The van der Waals surface area contributed by atoms with Gasteiger partial charge in [0.1, 0.15) is 0 Å². The van der Waals surface area contributed by atoms with Crippen LogP contribution in [0.4, 0.5) is 0 Å². The van der Waals surface area contributed by atoms with Crippen LogP contribution in [0.3, 0.4) is 0 Å². The number of hydrogen-bond donors (Lipinski definition) is 0. The summed E-state index contributed by atoms with van der Waals surface area (Å²) in [5.41, 5.74) is 2.30. The normalized spacial score (nSPS) is 12.7. The standard InChI is InChI=1S/C16H12BrClO/c17-15(14-8-9-19-16(14)18)10-12-6-3-5-11-4-1-2-7-13(11)12/h1-9,15H,10H2. The molecule has 0 aliphatic carbocycles. The number of fused-ring (bicyclic) bond motifs is 1. The second kappa shape index (κ2) is 5.40. The van der Waals surface area contributed by atoms with Gasteiger partial charge in [-0.05, 0) is 40.4 Å². The Morgan fingerprint density at radius 1 is 1.05 bits per heavy atom. The van der Waals surface area contributed by atoms with Crippen LogP contribution in [-0.2, 0) is 6.42 Å². The van der Waals surface area contributed by atoms with Crippen molar-refractivity contribution in [3.63, 3.8) is 0 Å². The fourth-order valence-corrected chi connectivity index (χ4v) is 3.39. The molecule has 1 aromatic heterocycles. The van der Waals surface area contributed by atoms with Gasteiger partial charge in [0.05, 0.1) is 6.26 Å². The first kappa shape index (κ1) is 12.8. The quantitative estimate of drug-likeness (QED) is 0.554. The van der Waals surface area contributed by atoms with E-state index in [0.29, 0.717) is 5.22 Å². The van der Waals surface area contributed by atoms with Gasteiger partial charge in [-0.25, -0.2) is 0 Å². The van der Waals surface area contributed by atoms with E-state index in [0.717, 1.165) is 12.0 Å². The van der Waals surface area contributed by atoms with Crippen molar-refractivity contribution in [2.24, 2.45) is 0 Å².